The molecule has 5 heteroatoms. The number of ketones is 1. The molecule has 1 rings (SSSR count). The number of unbranched alkanes of at least 4 members (excludes halogenated alkanes) is 1. The molecule has 0 aliphatic heterocycles. The smallest absolute Gasteiger partial charge is 0.303 e. The quantitative estimate of drug-likeness (QED) is 0.393. The van der Waals surface area contributed by atoms with Crippen LogP contribution < -0.4 is 0 Å². The van der Waals surface area contributed by atoms with Gasteiger partial charge in [-0.05, 0) is 32.1 Å². The summed E-state index contributed by atoms with van der Waals surface area (Å²) in [6, 6.07) is 0. The van der Waals surface area contributed by atoms with Crippen LogP contribution in [0.3, 0.4) is 0 Å². The molecule has 140 valence electrons. The van der Waals surface area contributed by atoms with Crippen molar-refractivity contribution in [2.75, 3.05) is 0 Å². The van der Waals surface area contributed by atoms with Gasteiger partial charge in [-0.25, -0.2) is 0 Å². The van der Waals surface area contributed by atoms with Crippen LogP contribution >= 0.6 is 0 Å². The van der Waals surface area contributed by atoms with E-state index in [4.69, 9.17) is 5.11 Å². The number of Topliss-reactive ketones (excluding diaryl/α,β-unsaturated/α-hetero) is 1. The Balaban J connectivity index is 2.52. The second-order valence-corrected chi connectivity index (χ2v) is 6.48. The van der Waals surface area contributed by atoms with E-state index in [1.54, 1.807) is 12.2 Å². The maximum absolute atomic E-state index is 12.1. The molecule has 0 aromatic heterocycles. The lowest BCUT2D eigenvalue weighted by Crippen LogP contribution is -2.18. The highest BCUT2D eigenvalue weighted by atomic mass is 16.4. The average Bonchev–Trinajstić information content (AvgIpc) is 2.82. The molecule has 0 spiro atoms. The number of aliphatic hydroxyl groups excluding tert-OH is 2. The first-order valence-electron chi connectivity index (χ1n) is 9.04. The SMILES string of the molecule is CC/C=C/C[C@H](O)/C=C/[C@H]1[C@H](O)CC(=O)[C@@H]1C/C=C\CCCC(=O)O. The first-order valence-corrected chi connectivity index (χ1v) is 9.04. The van der Waals surface area contributed by atoms with Crippen molar-refractivity contribution in [3.8, 4) is 0 Å². The van der Waals surface area contributed by atoms with E-state index >= 15 is 0 Å². The van der Waals surface area contributed by atoms with Gasteiger partial charge >= 0.3 is 5.97 Å². The van der Waals surface area contributed by atoms with E-state index in [0.717, 1.165) is 6.42 Å². The van der Waals surface area contributed by atoms with Crippen molar-refractivity contribution in [1.29, 1.82) is 0 Å². The summed E-state index contributed by atoms with van der Waals surface area (Å²) in [7, 11) is 0. The third-order valence-corrected chi connectivity index (χ3v) is 4.39. The molecule has 25 heavy (non-hydrogen) atoms. The van der Waals surface area contributed by atoms with Gasteiger partial charge in [0.2, 0.25) is 0 Å². The summed E-state index contributed by atoms with van der Waals surface area (Å²) in [5.74, 6) is -1.32. The van der Waals surface area contributed by atoms with Crippen LogP contribution in [-0.2, 0) is 9.59 Å². The summed E-state index contributed by atoms with van der Waals surface area (Å²) in [4.78, 5) is 22.5. The first kappa shape index (κ1) is 21.3. The van der Waals surface area contributed by atoms with Crippen LogP contribution in [0.15, 0.2) is 36.5 Å². The zero-order valence-electron chi connectivity index (χ0n) is 14.9. The fourth-order valence-electron chi connectivity index (χ4n) is 3.00. The highest BCUT2D eigenvalue weighted by Crippen LogP contribution is 2.33. The van der Waals surface area contributed by atoms with Gasteiger partial charge in [-0.1, -0.05) is 43.4 Å². The number of hydrogen-bond donors (Lipinski definition) is 3. The lowest BCUT2D eigenvalue weighted by molar-refractivity contribution is -0.137. The normalized spacial score (nSPS) is 25.6. The Hall–Kier alpha value is -1.72. The number of carboxylic acid groups (broad SMARTS) is 1. The minimum Gasteiger partial charge on any atom is -0.481 e. The Morgan fingerprint density at radius 1 is 1.28 bits per heavy atom. The van der Waals surface area contributed by atoms with Crippen LogP contribution in [0.25, 0.3) is 0 Å². The molecule has 4 atom stereocenters. The standard InChI is InChI=1S/C20H30O5/c1-2-3-6-9-15(21)12-13-17-16(18(22)14-19(17)23)10-7-4-5-8-11-20(24)25/h3-4,6-7,12-13,15-17,19,21,23H,2,5,8-11,14H2,1H3,(H,24,25)/b6-3+,7-4-,13-12+/t15-,16+,17+,19+/m0/s1. The van der Waals surface area contributed by atoms with Crippen molar-refractivity contribution in [1.82, 2.24) is 0 Å². The van der Waals surface area contributed by atoms with Crippen molar-refractivity contribution in [3.05, 3.63) is 36.5 Å². The Labute approximate surface area is 149 Å². The second-order valence-electron chi connectivity index (χ2n) is 6.48. The van der Waals surface area contributed by atoms with Crippen molar-refractivity contribution in [3.63, 3.8) is 0 Å². The molecular formula is C20H30O5. The number of rotatable bonds is 11. The Morgan fingerprint density at radius 2 is 2.04 bits per heavy atom. The van der Waals surface area contributed by atoms with Crippen LogP contribution in [-0.4, -0.2) is 39.3 Å². The maximum atomic E-state index is 12.1. The van der Waals surface area contributed by atoms with Crippen LogP contribution in [0, 0.1) is 11.8 Å². The molecule has 0 radical (unpaired) electrons. The van der Waals surface area contributed by atoms with Gasteiger partial charge in [0.25, 0.3) is 0 Å². The lowest BCUT2D eigenvalue weighted by Gasteiger charge is -2.16. The zero-order chi connectivity index (χ0) is 18.7. The summed E-state index contributed by atoms with van der Waals surface area (Å²) >= 11 is 0. The Morgan fingerprint density at radius 3 is 2.72 bits per heavy atom. The number of carbonyl (C=O) groups is 2. The fraction of sp³-hybridized carbons (Fsp3) is 0.600. The highest BCUT2D eigenvalue weighted by Gasteiger charge is 2.39. The summed E-state index contributed by atoms with van der Waals surface area (Å²) < 4.78 is 0. The number of aliphatic carboxylic acids is 1. The van der Waals surface area contributed by atoms with E-state index in [0.29, 0.717) is 25.7 Å². The van der Waals surface area contributed by atoms with Gasteiger partial charge in [0, 0.05) is 24.7 Å². The molecule has 1 fully saturated rings. The number of hydrogen-bond acceptors (Lipinski definition) is 4. The van der Waals surface area contributed by atoms with Gasteiger partial charge in [-0.3, -0.25) is 9.59 Å². The summed E-state index contributed by atoms with van der Waals surface area (Å²) in [6.07, 6.45) is 13.3. The molecule has 1 aliphatic rings. The number of allylic oxidation sites excluding steroid dienone is 3. The molecule has 0 amide bonds. The Bertz CT molecular complexity index is 506. The van der Waals surface area contributed by atoms with E-state index in [2.05, 4.69) is 0 Å². The predicted octanol–water partition coefficient (Wildman–Crippen LogP) is 3.03. The highest BCUT2D eigenvalue weighted by molar-refractivity contribution is 5.84. The molecular weight excluding hydrogens is 320 g/mol. The number of carbonyl (C=O) groups excluding carboxylic acids is 1. The molecule has 5 nitrogen and oxygen atoms in total. The average molecular weight is 350 g/mol. The minimum absolute atomic E-state index is 0.0395. The first-order chi connectivity index (χ1) is 12.0. The minimum atomic E-state index is -0.806. The van der Waals surface area contributed by atoms with E-state index in [9.17, 15) is 19.8 Å². The van der Waals surface area contributed by atoms with Crippen molar-refractivity contribution in [2.24, 2.45) is 11.8 Å². The van der Waals surface area contributed by atoms with Crippen molar-refractivity contribution >= 4 is 11.8 Å². The summed E-state index contributed by atoms with van der Waals surface area (Å²) in [5, 5.41) is 28.6. The topological polar surface area (TPSA) is 94.8 Å². The Kier molecular flexibility index (Phi) is 10.0. The second kappa shape index (κ2) is 11.8. The van der Waals surface area contributed by atoms with Gasteiger partial charge in [0.05, 0.1) is 12.2 Å². The largest absolute Gasteiger partial charge is 0.481 e. The molecule has 1 aliphatic carbocycles. The van der Waals surface area contributed by atoms with E-state index in [-0.39, 0.29) is 30.5 Å². The van der Waals surface area contributed by atoms with Crippen LogP contribution in [0.2, 0.25) is 0 Å². The third-order valence-electron chi connectivity index (χ3n) is 4.39. The van der Waals surface area contributed by atoms with E-state index < -0.39 is 18.2 Å². The molecule has 1 saturated carbocycles. The van der Waals surface area contributed by atoms with Crippen LogP contribution in [0.4, 0.5) is 0 Å². The molecule has 0 aromatic rings. The molecule has 0 aromatic carbocycles. The summed E-state index contributed by atoms with van der Waals surface area (Å²) in [5.41, 5.74) is 0. The molecule has 0 unspecified atom stereocenters. The van der Waals surface area contributed by atoms with Gasteiger partial charge in [0.1, 0.15) is 5.78 Å². The van der Waals surface area contributed by atoms with E-state index in [1.165, 1.54) is 0 Å². The van der Waals surface area contributed by atoms with Crippen molar-refractivity contribution in [2.45, 2.75) is 64.1 Å². The van der Waals surface area contributed by atoms with Crippen molar-refractivity contribution < 1.29 is 24.9 Å². The predicted molar refractivity (Wildman–Crippen MR) is 97.0 cm³/mol. The number of carboxylic acids is 1. The summed E-state index contributed by atoms with van der Waals surface area (Å²) in [6.45, 7) is 2.03. The lowest BCUT2D eigenvalue weighted by atomic mass is 9.90. The fourth-order valence-corrected chi connectivity index (χ4v) is 3.00. The molecule has 0 saturated heterocycles. The van der Waals surface area contributed by atoms with Crippen LogP contribution in [0.1, 0.15) is 51.9 Å². The van der Waals surface area contributed by atoms with Gasteiger partial charge in [0.15, 0.2) is 0 Å². The number of aliphatic hydroxyl groups is 2. The van der Waals surface area contributed by atoms with E-state index in [1.807, 2.05) is 31.2 Å². The molecule has 0 bridgehead atoms. The third kappa shape index (κ3) is 8.27. The van der Waals surface area contributed by atoms with Gasteiger partial charge in [-0.15, -0.1) is 0 Å². The zero-order valence-corrected chi connectivity index (χ0v) is 14.9. The molecule has 3 N–H and O–H groups in total. The maximum Gasteiger partial charge on any atom is 0.303 e. The monoisotopic (exact) mass is 350 g/mol. The van der Waals surface area contributed by atoms with Gasteiger partial charge in [-0.2, -0.15) is 0 Å². The molecule has 0 heterocycles. The van der Waals surface area contributed by atoms with Crippen LogP contribution in [0.5, 0.6) is 0 Å². The van der Waals surface area contributed by atoms with Gasteiger partial charge < -0.3 is 15.3 Å².